The Morgan fingerprint density at radius 3 is 1.90 bits per heavy atom. The van der Waals surface area contributed by atoms with Crippen molar-refractivity contribution in [2.75, 3.05) is 18.5 Å². The smallest absolute Gasteiger partial charge is 0.450 e. The van der Waals surface area contributed by atoms with Gasteiger partial charge in [0.25, 0.3) is 0 Å². The molecule has 0 aromatic heterocycles. The quantitative estimate of drug-likeness (QED) is 0.206. The van der Waals surface area contributed by atoms with E-state index in [1.807, 2.05) is 24.3 Å². The molecule has 170 valence electrons. The van der Waals surface area contributed by atoms with Crippen LogP contribution in [0.5, 0.6) is 0 Å². The van der Waals surface area contributed by atoms with E-state index in [-0.39, 0.29) is 6.61 Å². The van der Waals surface area contributed by atoms with Crippen LogP contribution in [0.25, 0.3) is 0 Å². The maximum atomic E-state index is 11.9. The van der Waals surface area contributed by atoms with Gasteiger partial charge in [0.05, 0.1) is 13.2 Å². The normalized spacial score (nSPS) is 10.6. The van der Waals surface area contributed by atoms with Crippen LogP contribution in [0.3, 0.4) is 0 Å². The van der Waals surface area contributed by atoms with Crippen LogP contribution in [0.2, 0.25) is 0 Å². The van der Waals surface area contributed by atoms with Gasteiger partial charge in [-0.3, -0.25) is 5.32 Å². The Kier molecular flexibility index (Phi) is 15.1. The fourth-order valence-corrected chi connectivity index (χ4v) is 3.25. The Hall–Kier alpha value is -2.24. The summed E-state index contributed by atoms with van der Waals surface area (Å²) in [6, 6.07) is 7.61. The molecule has 0 aliphatic rings. The Morgan fingerprint density at radius 1 is 0.767 bits per heavy atom. The number of amides is 1. The topological polar surface area (TPSA) is 84.9 Å². The third-order valence-electron chi connectivity index (χ3n) is 5.02. The molecule has 0 fully saturated rings. The highest BCUT2D eigenvalue weighted by Crippen LogP contribution is 2.13. The van der Waals surface area contributed by atoms with Crippen LogP contribution in [0.4, 0.5) is 15.3 Å². The number of aryl methyl sites for hydroxylation is 1. The summed E-state index contributed by atoms with van der Waals surface area (Å²) in [6.07, 6.45) is 13.3. The van der Waals surface area contributed by atoms with Crippen LogP contribution >= 0.6 is 0 Å². The van der Waals surface area contributed by atoms with E-state index in [0.717, 1.165) is 31.2 Å². The number of benzene rings is 1. The van der Waals surface area contributed by atoms with Crippen LogP contribution in [-0.4, -0.2) is 30.6 Å². The highest BCUT2D eigenvalue weighted by molar-refractivity contribution is 5.84. The number of anilines is 1. The van der Waals surface area contributed by atoms with Crippen molar-refractivity contribution in [3.8, 4) is 0 Å². The predicted molar refractivity (Wildman–Crippen MR) is 120 cm³/mol. The summed E-state index contributed by atoms with van der Waals surface area (Å²) >= 11 is 0. The number of hydrogen-bond acceptors (Lipinski definition) is 4. The lowest BCUT2D eigenvalue weighted by atomic mass is 10.1. The highest BCUT2D eigenvalue weighted by Gasteiger charge is 2.04. The third kappa shape index (κ3) is 14.7. The number of nitrogens with one attached hydrogen (secondary N) is 1. The maximum absolute atomic E-state index is 11.9. The molecule has 6 nitrogen and oxygen atoms in total. The Labute approximate surface area is 181 Å². The van der Waals surface area contributed by atoms with Crippen molar-refractivity contribution in [2.24, 2.45) is 0 Å². The van der Waals surface area contributed by atoms with Gasteiger partial charge in [-0.1, -0.05) is 76.8 Å². The second kappa shape index (κ2) is 17.6. The number of carboxylic acid groups (broad SMARTS) is 1. The highest BCUT2D eigenvalue weighted by atomic mass is 16.7. The lowest BCUT2D eigenvalue weighted by Crippen LogP contribution is -2.14. The fourth-order valence-electron chi connectivity index (χ4n) is 3.25. The summed E-state index contributed by atoms with van der Waals surface area (Å²) in [4.78, 5) is 22.1. The molecular formula is C24H39NO5. The molecule has 0 radical (unpaired) electrons. The van der Waals surface area contributed by atoms with Crippen molar-refractivity contribution in [1.29, 1.82) is 0 Å². The first kappa shape index (κ1) is 25.8. The standard InChI is InChI=1S/C24H39NO5/c1-2-3-4-5-6-7-8-9-10-12-19-29-23(26)25-22-17-15-21(16-18-22)14-11-13-20-30-24(27)28/h15-18H,2-14,19-20H2,1H3,(H,25,26)(H,27,28). The van der Waals surface area contributed by atoms with E-state index in [1.165, 1.54) is 51.4 Å². The largest absolute Gasteiger partial charge is 0.505 e. The molecule has 0 spiro atoms. The van der Waals surface area contributed by atoms with Gasteiger partial charge in [-0.25, -0.2) is 9.59 Å². The van der Waals surface area contributed by atoms with Crippen molar-refractivity contribution in [1.82, 2.24) is 0 Å². The van der Waals surface area contributed by atoms with Gasteiger partial charge in [0.15, 0.2) is 0 Å². The summed E-state index contributed by atoms with van der Waals surface area (Å²) in [5, 5.41) is 11.2. The predicted octanol–water partition coefficient (Wildman–Crippen LogP) is 7.17. The molecule has 30 heavy (non-hydrogen) atoms. The van der Waals surface area contributed by atoms with E-state index < -0.39 is 12.2 Å². The molecular weight excluding hydrogens is 382 g/mol. The van der Waals surface area contributed by atoms with Gasteiger partial charge in [-0.05, 0) is 43.4 Å². The second-order valence-electron chi connectivity index (χ2n) is 7.71. The molecule has 0 unspecified atom stereocenters. The minimum absolute atomic E-state index is 0.222. The molecule has 0 saturated carbocycles. The lowest BCUT2D eigenvalue weighted by Gasteiger charge is -2.08. The number of rotatable bonds is 17. The van der Waals surface area contributed by atoms with E-state index >= 15 is 0 Å². The SMILES string of the molecule is CCCCCCCCCCCCOC(=O)Nc1ccc(CCCCOC(=O)O)cc1. The Balaban J connectivity index is 2.01. The van der Waals surface area contributed by atoms with Crippen molar-refractivity contribution in [2.45, 2.75) is 90.4 Å². The number of hydrogen-bond donors (Lipinski definition) is 2. The minimum atomic E-state index is -1.23. The first-order valence-corrected chi connectivity index (χ1v) is 11.5. The molecule has 0 bridgehead atoms. The molecule has 0 aliphatic carbocycles. The van der Waals surface area contributed by atoms with Crippen LogP contribution in [-0.2, 0) is 15.9 Å². The van der Waals surface area contributed by atoms with Crippen LogP contribution in [0.1, 0.15) is 89.5 Å². The molecule has 0 heterocycles. The second-order valence-corrected chi connectivity index (χ2v) is 7.71. The van der Waals surface area contributed by atoms with E-state index in [2.05, 4.69) is 17.0 Å². The Bertz CT molecular complexity index is 573. The molecule has 1 aromatic carbocycles. The van der Waals surface area contributed by atoms with Gasteiger partial charge in [0.2, 0.25) is 0 Å². The summed E-state index contributed by atoms with van der Waals surface area (Å²) in [5.74, 6) is 0. The van der Waals surface area contributed by atoms with Crippen molar-refractivity contribution in [3.63, 3.8) is 0 Å². The molecule has 1 amide bonds. The van der Waals surface area contributed by atoms with Gasteiger partial charge in [0.1, 0.15) is 0 Å². The zero-order valence-electron chi connectivity index (χ0n) is 18.5. The monoisotopic (exact) mass is 421 g/mol. The van der Waals surface area contributed by atoms with Crippen molar-refractivity contribution >= 4 is 17.9 Å². The van der Waals surface area contributed by atoms with Crippen molar-refractivity contribution in [3.05, 3.63) is 29.8 Å². The van der Waals surface area contributed by atoms with Crippen LogP contribution < -0.4 is 5.32 Å². The number of unbranched alkanes of at least 4 members (excludes halogenated alkanes) is 10. The Morgan fingerprint density at radius 2 is 1.30 bits per heavy atom. The molecule has 1 rings (SSSR count). The fraction of sp³-hybridized carbons (Fsp3) is 0.667. The van der Waals surface area contributed by atoms with Gasteiger partial charge in [-0.2, -0.15) is 0 Å². The van der Waals surface area contributed by atoms with Gasteiger partial charge in [0, 0.05) is 5.69 Å². The summed E-state index contributed by atoms with van der Waals surface area (Å²) in [6.45, 7) is 2.92. The van der Waals surface area contributed by atoms with E-state index in [9.17, 15) is 9.59 Å². The summed E-state index contributed by atoms with van der Waals surface area (Å²) in [7, 11) is 0. The molecule has 2 N–H and O–H groups in total. The van der Waals surface area contributed by atoms with Crippen molar-refractivity contribution < 1.29 is 24.2 Å². The average molecular weight is 422 g/mol. The van der Waals surface area contributed by atoms with Gasteiger partial charge >= 0.3 is 12.2 Å². The van der Waals surface area contributed by atoms with Gasteiger partial charge < -0.3 is 14.6 Å². The number of carbonyl (C=O) groups excluding carboxylic acids is 1. The van der Waals surface area contributed by atoms with E-state index in [0.29, 0.717) is 18.7 Å². The molecule has 6 heteroatoms. The minimum Gasteiger partial charge on any atom is -0.450 e. The van der Waals surface area contributed by atoms with Crippen LogP contribution in [0.15, 0.2) is 24.3 Å². The van der Waals surface area contributed by atoms with E-state index in [4.69, 9.17) is 9.84 Å². The third-order valence-corrected chi connectivity index (χ3v) is 5.02. The average Bonchev–Trinajstić information content (AvgIpc) is 2.72. The van der Waals surface area contributed by atoms with Gasteiger partial charge in [-0.15, -0.1) is 0 Å². The van der Waals surface area contributed by atoms with Crippen LogP contribution in [0, 0.1) is 0 Å². The summed E-state index contributed by atoms with van der Waals surface area (Å²) in [5.41, 5.74) is 1.84. The molecule has 0 atom stereocenters. The zero-order chi connectivity index (χ0) is 21.9. The summed E-state index contributed by atoms with van der Waals surface area (Å²) < 4.78 is 9.73. The molecule has 0 saturated heterocycles. The number of carbonyl (C=O) groups is 2. The van der Waals surface area contributed by atoms with E-state index in [1.54, 1.807) is 0 Å². The maximum Gasteiger partial charge on any atom is 0.505 e. The lowest BCUT2D eigenvalue weighted by molar-refractivity contribution is 0.0901. The first-order valence-electron chi connectivity index (χ1n) is 11.5. The molecule has 0 aliphatic heterocycles. The first-order chi connectivity index (χ1) is 14.6. The number of ether oxygens (including phenoxy) is 2. The zero-order valence-corrected chi connectivity index (χ0v) is 18.5. The molecule has 1 aromatic rings.